The van der Waals surface area contributed by atoms with Crippen molar-refractivity contribution in [1.82, 2.24) is 10.7 Å². The van der Waals surface area contributed by atoms with Crippen molar-refractivity contribution in [1.29, 1.82) is 0 Å². The molecule has 0 spiro atoms. The van der Waals surface area contributed by atoms with Gasteiger partial charge >= 0.3 is 0 Å². The molecule has 5 nitrogen and oxygen atoms in total. The summed E-state index contributed by atoms with van der Waals surface area (Å²) in [6.07, 6.45) is 4.45. The number of rotatable bonds is 2. The third kappa shape index (κ3) is 1.95. The number of carbonyl (C=O) groups is 2. The molecule has 3 atom stereocenters. The highest BCUT2D eigenvalue weighted by atomic mass is 16.2. The fourth-order valence-electron chi connectivity index (χ4n) is 4.51. The molecule has 1 aliphatic heterocycles. The Labute approximate surface area is 119 Å². The van der Waals surface area contributed by atoms with E-state index >= 15 is 0 Å². The zero-order valence-corrected chi connectivity index (χ0v) is 12.5. The molecule has 2 saturated carbocycles. The lowest BCUT2D eigenvalue weighted by Gasteiger charge is -2.43. The summed E-state index contributed by atoms with van der Waals surface area (Å²) < 4.78 is 0. The zero-order valence-electron chi connectivity index (χ0n) is 12.5. The Morgan fingerprint density at radius 1 is 1.35 bits per heavy atom. The second kappa shape index (κ2) is 4.30. The smallest absolute Gasteiger partial charge is 0.267 e. The van der Waals surface area contributed by atoms with E-state index in [1.54, 1.807) is 0 Å². The Hall–Kier alpha value is -1.39. The molecular weight excluding hydrogens is 254 g/mol. The molecule has 2 N–H and O–H groups in total. The van der Waals surface area contributed by atoms with Gasteiger partial charge in [0.05, 0.1) is 0 Å². The molecule has 0 aromatic rings. The van der Waals surface area contributed by atoms with Gasteiger partial charge in [-0.05, 0) is 36.0 Å². The van der Waals surface area contributed by atoms with Crippen LogP contribution in [0.1, 0.15) is 52.9 Å². The first-order chi connectivity index (χ1) is 9.33. The Morgan fingerprint density at radius 3 is 2.65 bits per heavy atom. The predicted molar refractivity (Wildman–Crippen MR) is 76.0 cm³/mol. The lowest BCUT2D eigenvalue weighted by atomic mass is 9.68. The summed E-state index contributed by atoms with van der Waals surface area (Å²) in [5.41, 5.74) is 3.19. The van der Waals surface area contributed by atoms with Crippen molar-refractivity contribution in [2.75, 3.05) is 0 Å². The van der Waals surface area contributed by atoms with Gasteiger partial charge in [-0.3, -0.25) is 9.59 Å². The molecular formula is C15H23N3O2. The van der Waals surface area contributed by atoms with Crippen molar-refractivity contribution in [2.45, 2.75) is 58.9 Å². The molecule has 0 aromatic carbocycles. The van der Waals surface area contributed by atoms with Crippen LogP contribution in [0, 0.1) is 16.7 Å². The van der Waals surface area contributed by atoms with Crippen molar-refractivity contribution < 1.29 is 9.59 Å². The summed E-state index contributed by atoms with van der Waals surface area (Å²) >= 11 is 0. The molecule has 0 aromatic heterocycles. The number of hydrogen-bond donors (Lipinski definition) is 2. The Balaban J connectivity index is 1.74. The molecule has 110 valence electrons. The Morgan fingerprint density at radius 2 is 2.10 bits per heavy atom. The van der Waals surface area contributed by atoms with Crippen LogP contribution in [-0.4, -0.2) is 23.6 Å². The molecule has 2 fully saturated rings. The van der Waals surface area contributed by atoms with E-state index in [9.17, 15) is 9.59 Å². The average Bonchev–Trinajstić information content (AvgIpc) is 2.86. The van der Waals surface area contributed by atoms with Crippen molar-refractivity contribution in [3.63, 3.8) is 0 Å². The summed E-state index contributed by atoms with van der Waals surface area (Å²) in [6, 6.07) is 0.196. The van der Waals surface area contributed by atoms with Crippen LogP contribution in [-0.2, 0) is 9.59 Å². The van der Waals surface area contributed by atoms with Gasteiger partial charge in [-0.2, -0.15) is 5.10 Å². The van der Waals surface area contributed by atoms with Crippen molar-refractivity contribution in [3.05, 3.63) is 0 Å². The molecule has 3 unspecified atom stereocenters. The van der Waals surface area contributed by atoms with Crippen molar-refractivity contribution >= 4 is 17.5 Å². The molecule has 3 rings (SSSR count). The lowest BCUT2D eigenvalue weighted by molar-refractivity contribution is -0.121. The highest BCUT2D eigenvalue weighted by molar-refractivity contribution is 6.39. The predicted octanol–water partition coefficient (Wildman–Crippen LogP) is 1.58. The molecule has 0 saturated heterocycles. The van der Waals surface area contributed by atoms with Crippen molar-refractivity contribution in [2.24, 2.45) is 21.8 Å². The van der Waals surface area contributed by atoms with Crippen LogP contribution in [0.4, 0.5) is 0 Å². The molecule has 20 heavy (non-hydrogen) atoms. The zero-order chi connectivity index (χ0) is 14.5. The van der Waals surface area contributed by atoms with Gasteiger partial charge in [0.15, 0.2) is 0 Å². The van der Waals surface area contributed by atoms with Crippen LogP contribution >= 0.6 is 0 Å². The average molecular weight is 277 g/mol. The third-order valence-electron chi connectivity index (χ3n) is 5.71. The van der Waals surface area contributed by atoms with Gasteiger partial charge in [-0.1, -0.05) is 20.8 Å². The fraction of sp³-hybridized carbons (Fsp3) is 0.800. The Kier molecular flexibility index (Phi) is 2.92. The van der Waals surface area contributed by atoms with Crippen LogP contribution in [0.3, 0.4) is 0 Å². The molecule has 2 bridgehead atoms. The highest BCUT2D eigenvalue weighted by Gasteiger charge is 2.59. The molecule has 5 heteroatoms. The standard InChI is InChI=1S/C15H23N3O2/c1-14(2)9-6-7-15(3,8-9)13(14)16-12(20)10-4-5-11(19)18-17-10/h9,13H,4-8H2,1-3H3,(H,16,20)(H,18,19). The normalized spacial score (nSPS) is 38.4. The lowest BCUT2D eigenvalue weighted by Crippen LogP contribution is -2.54. The summed E-state index contributed by atoms with van der Waals surface area (Å²) in [4.78, 5) is 23.5. The van der Waals surface area contributed by atoms with Crippen molar-refractivity contribution in [3.8, 4) is 0 Å². The molecule has 3 aliphatic rings. The van der Waals surface area contributed by atoms with E-state index < -0.39 is 0 Å². The Bertz CT molecular complexity index is 493. The van der Waals surface area contributed by atoms with E-state index in [0.29, 0.717) is 24.5 Å². The van der Waals surface area contributed by atoms with Crippen LogP contribution in [0.25, 0.3) is 0 Å². The minimum Gasteiger partial charge on any atom is -0.347 e. The van der Waals surface area contributed by atoms with Gasteiger partial charge in [-0.15, -0.1) is 0 Å². The molecule has 0 radical (unpaired) electrons. The molecule has 1 heterocycles. The molecule has 2 aliphatic carbocycles. The van der Waals surface area contributed by atoms with Crippen LogP contribution in [0.2, 0.25) is 0 Å². The van der Waals surface area contributed by atoms with Gasteiger partial charge < -0.3 is 5.32 Å². The first-order valence-electron chi connectivity index (χ1n) is 7.49. The number of nitrogens with one attached hydrogen (secondary N) is 2. The van der Waals surface area contributed by atoms with E-state index in [2.05, 4.69) is 36.6 Å². The second-order valence-corrected chi connectivity index (χ2v) is 7.42. The third-order valence-corrected chi connectivity index (χ3v) is 5.71. The number of hydrazone groups is 1. The summed E-state index contributed by atoms with van der Waals surface area (Å²) in [7, 11) is 0. The van der Waals surface area contributed by atoms with Gasteiger partial charge in [-0.25, -0.2) is 5.43 Å². The van der Waals surface area contributed by atoms with Gasteiger partial charge in [0.2, 0.25) is 5.91 Å². The number of hydrogen-bond acceptors (Lipinski definition) is 3. The van der Waals surface area contributed by atoms with Crippen LogP contribution in [0.15, 0.2) is 5.10 Å². The monoisotopic (exact) mass is 277 g/mol. The number of nitrogens with zero attached hydrogens (tertiary/aromatic N) is 1. The maximum atomic E-state index is 12.4. The minimum absolute atomic E-state index is 0.114. The second-order valence-electron chi connectivity index (χ2n) is 7.42. The highest BCUT2D eigenvalue weighted by Crippen LogP contribution is 2.62. The summed E-state index contributed by atoms with van der Waals surface area (Å²) in [5.74, 6) is 0.469. The largest absolute Gasteiger partial charge is 0.347 e. The van der Waals surface area contributed by atoms with E-state index in [1.807, 2.05) is 0 Å². The van der Waals surface area contributed by atoms with E-state index in [4.69, 9.17) is 0 Å². The van der Waals surface area contributed by atoms with E-state index in [1.165, 1.54) is 19.3 Å². The number of amides is 2. The van der Waals surface area contributed by atoms with Crippen LogP contribution in [0.5, 0.6) is 0 Å². The number of carbonyl (C=O) groups excluding carboxylic acids is 2. The quantitative estimate of drug-likeness (QED) is 0.804. The maximum Gasteiger partial charge on any atom is 0.267 e. The van der Waals surface area contributed by atoms with Gasteiger partial charge in [0.25, 0.3) is 5.91 Å². The maximum absolute atomic E-state index is 12.4. The SMILES string of the molecule is CC12CCC(C1)C(C)(C)C2NC(=O)C1=NNC(=O)CC1. The van der Waals surface area contributed by atoms with E-state index in [-0.39, 0.29) is 28.7 Å². The number of fused-ring (bicyclic) bond motifs is 2. The van der Waals surface area contributed by atoms with Gasteiger partial charge in [0, 0.05) is 18.9 Å². The molecule has 2 amide bonds. The van der Waals surface area contributed by atoms with Gasteiger partial charge in [0.1, 0.15) is 5.71 Å². The fourth-order valence-corrected chi connectivity index (χ4v) is 4.51. The first kappa shape index (κ1) is 13.6. The summed E-state index contributed by atoms with van der Waals surface area (Å²) in [6.45, 7) is 6.81. The van der Waals surface area contributed by atoms with Crippen LogP contribution < -0.4 is 10.7 Å². The summed E-state index contributed by atoms with van der Waals surface area (Å²) in [5, 5.41) is 7.09. The first-order valence-corrected chi connectivity index (χ1v) is 7.49. The topological polar surface area (TPSA) is 70.6 Å². The van der Waals surface area contributed by atoms with E-state index in [0.717, 1.165) is 0 Å². The minimum atomic E-state index is -0.117.